The summed E-state index contributed by atoms with van der Waals surface area (Å²) in [5, 5.41) is 8.59. The first-order valence-corrected chi connectivity index (χ1v) is 12.8. The third-order valence-electron chi connectivity index (χ3n) is 5.91. The third kappa shape index (κ3) is 18.6. The first-order valence-electron chi connectivity index (χ1n) is 12.8. The minimum Gasteiger partial charge on any atom is -0.481 e. The molecule has 0 spiro atoms. The Morgan fingerprint density at radius 1 is 0.567 bits per heavy atom. The van der Waals surface area contributed by atoms with Crippen molar-refractivity contribution in [2.45, 2.75) is 135 Å². The number of aryl methyl sites for hydroxylation is 1. The molecular weight excluding hydrogens is 372 g/mol. The molecule has 1 heterocycles. The summed E-state index contributed by atoms with van der Waals surface area (Å²) < 4.78 is 0. The molecule has 1 rings (SSSR count). The number of carboxylic acid groups (broad SMARTS) is 1. The minimum absolute atomic E-state index is 0.339. The van der Waals surface area contributed by atoms with Gasteiger partial charge in [-0.1, -0.05) is 109 Å². The van der Waals surface area contributed by atoms with E-state index >= 15 is 0 Å². The van der Waals surface area contributed by atoms with Crippen molar-refractivity contribution in [1.29, 1.82) is 0 Å². The van der Waals surface area contributed by atoms with Crippen molar-refractivity contribution in [1.82, 2.24) is 9.97 Å². The van der Waals surface area contributed by atoms with Crippen LogP contribution in [0.1, 0.15) is 134 Å². The highest BCUT2D eigenvalue weighted by molar-refractivity contribution is 5.66. The average molecular weight is 419 g/mol. The van der Waals surface area contributed by atoms with Gasteiger partial charge in [0.15, 0.2) is 0 Å². The zero-order valence-corrected chi connectivity index (χ0v) is 19.3. The zero-order valence-electron chi connectivity index (χ0n) is 19.3. The molecular formula is C26H46N2O2. The molecule has 172 valence electrons. The molecule has 1 aromatic heterocycles. The van der Waals surface area contributed by atoms with Gasteiger partial charge >= 0.3 is 5.97 Å². The van der Waals surface area contributed by atoms with E-state index in [1.165, 1.54) is 109 Å². The SMILES string of the molecule is O=C(O)CCCCCCCCCCCCCCCCCCCCCc1ncccn1. The second-order valence-electron chi connectivity index (χ2n) is 8.78. The minimum atomic E-state index is -0.656. The van der Waals surface area contributed by atoms with Crippen molar-refractivity contribution in [2.75, 3.05) is 0 Å². The Kier molecular flexibility index (Phi) is 18.4. The fraction of sp³-hybridized carbons (Fsp3) is 0.808. The Balaban J connectivity index is 1.67. The maximum atomic E-state index is 10.4. The Hall–Kier alpha value is -1.45. The van der Waals surface area contributed by atoms with Crippen molar-refractivity contribution in [3.63, 3.8) is 0 Å². The number of hydrogen-bond donors (Lipinski definition) is 1. The van der Waals surface area contributed by atoms with Gasteiger partial charge in [0.2, 0.25) is 0 Å². The molecule has 0 aliphatic carbocycles. The molecule has 0 aliphatic rings. The van der Waals surface area contributed by atoms with E-state index in [4.69, 9.17) is 5.11 Å². The second kappa shape index (κ2) is 20.8. The van der Waals surface area contributed by atoms with Crippen LogP contribution in [0.3, 0.4) is 0 Å². The predicted molar refractivity (Wildman–Crippen MR) is 126 cm³/mol. The van der Waals surface area contributed by atoms with Crippen molar-refractivity contribution >= 4 is 5.97 Å². The summed E-state index contributed by atoms with van der Waals surface area (Å²) in [4.78, 5) is 19.0. The lowest BCUT2D eigenvalue weighted by Gasteiger charge is -2.04. The van der Waals surface area contributed by atoms with Crippen molar-refractivity contribution < 1.29 is 9.90 Å². The summed E-state index contributed by atoms with van der Waals surface area (Å²) in [5.74, 6) is 0.332. The van der Waals surface area contributed by atoms with Crippen molar-refractivity contribution in [3.8, 4) is 0 Å². The first-order chi connectivity index (χ1) is 14.8. The lowest BCUT2D eigenvalue weighted by molar-refractivity contribution is -0.137. The van der Waals surface area contributed by atoms with Crippen LogP contribution in [0.2, 0.25) is 0 Å². The molecule has 0 radical (unpaired) electrons. The molecule has 0 saturated carbocycles. The van der Waals surface area contributed by atoms with E-state index in [0.717, 1.165) is 25.1 Å². The van der Waals surface area contributed by atoms with Crippen LogP contribution in [-0.4, -0.2) is 21.0 Å². The van der Waals surface area contributed by atoms with E-state index in [9.17, 15) is 4.79 Å². The molecule has 0 atom stereocenters. The number of aromatic nitrogens is 2. The topological polar surface area (TPSA) is 63.1 Å². The molecule has 1 aromatic rings. The Morgan fingerprint density at radius 3 is 1.27 bits per heavy atom. The van der Waals surface area contributed by atoms with Crippen LogP contribution in [-0.2, 0) is 11.2 Å². The number of unbranched alkanes of at least 4 members (excludes halogenated alkanes) is 18. The lowest BCUT2D eigenvalue weighted by Crippen LogP contribution is -1.93. The van der Waals surface area contributed by atoms with Crippen molar-refractivity contribution in [3.05, 3.63) is 24.3 Å². The summed E-state index contributed by atoms with van der Waals surface area (Å²) in [5.41, 5.74) is 0. The van der Waals surface area contributed by atoms with Crippen LogP contribution in [0.25, 0.3) is 0 Å². The fourth-order valence-corrected chi connectivity index (χ4v) is 4.02. The summed E-state index contributed by atoms with van der Waals surface area (Å²) >= 11 is 0. The number of aliphatic carboxylic acids is 1. The maximum Gasteiger partial charge on any atom is 0.303 e. The van der Waals surface area contributed by atoms with Gasteiger partial charge in [-0.2, -0.15) is 0 Å². The number of hydrogen-bond acceptors (Lipinski definition) is 3. The van der Waals surface area contributed by atoms with Gasteiger partial charge in [0.25, 0.3) is 0 Å². The van der Waals surface area contributed by atoms with E-state index in [1.54, 1.807) is 0 Å². The van der Waals surface area contributed by atoms with Crippen LogP contribution < -0.4 is 0 Å². The van der Waals surface area contributed by atoms with Gasteiger partial charge in [-0.05, 0) is 18.9 Å². The quantitative estimate of drug-likeness (QED) is 0.194. The van der Waals surface area contributed by atoms with Gasteiger partial charge in [0, 0.05) is 25.2 Å². The number of nitrogens with zero attached hydrogens (tertiary/aromatic N) is 2. The third-order valence-corrected chi connectivity index (χ3v) is 5.91. The van der Waals surface area contributed by atoms with E-state index in [-0.39, 0.29) is 0 Å². The molecule has 4 nitrogen and oxygen atoms in total. The summed E-state index contributed by atoms with van der Waals surface area (Å²) in [7, 11) is 0. The van der Waals surface area contributed by atoms with Crippen LogP contribution in [0, 0.1) is 0 Å². The highest BCUT2D eigenvalue weighted by Gasteiger charge is 1.98. The van der Waals surface area contributed by atoms with Gasteiger partial charge in [-0.25, -0.2) is 9.97 Å². The van der Waals surface area contributed by atoms with Gasteiger partial charge < -0.3 is 5.11 Å². The Morgan fingerprint density at radius 2 is 0.900 bits per heavy atom. The second-order valence-corrected chi connectivity index (χ2v) is 8.78. The van der Waals surface area contributed by atoms with Gasteiger partial charge in [-0.15, -0.1) is 0 Å². The summed E-state index contributed by atoms with van der Waals surface area (Å²) in [6.07, 6.45) is 30.1. The average Bonchev–Trinajstić information content (AvgIpc) is 2.75. The Bertz CT molecular complexity index is 493. The van der Waals surface area contributed by atoms with E-state index in [2.05, 4.69) is 9.97 Å². The largest absolute Gasteiger partial charge is 0.481 e. The summed E-state index contributed by atoms with van der Waals surface area (Å²) in [6.45, 7) is 0. The van der Waals surface area contributed by atoms with Crippen LogP contribution in [0.4, 0.5) is 0 Å². The molecule has 30 heavy (non-hydrogen) atoms. The zero-order chi connectivity index (χ0) is 21.5. The Labute approximate surface area is 185 Å². The standard InChI is InChI=1S/C26H46N2O2/c29-26(30)22-19-17-15-13-11-9-7-5-3-1-2-4-6-8-10-12-14-16-18-21-25-27-23-20-24-28-25/h20,23-24H,1-19,21-22H2,(H,29,30). The molecule has 1 N–H and O–H groups in total. The molecule has 0 saturated heterocycles. The smallest absolute Gasteiger partial charge is 0.303 e. The van der Waals surface area contributed by atoms with E-state index < -0.39 is 5.97 Å². The van der Waals surface area contributed by atoms with E-state index in [0.29, 0.717) is 6.42 Å². The molecule has 0 bridgehead atoms. The van der Waals surface area contributed by atoms with E-state index in [1.807, 2.05) is 18.5 Å². The van der Waals surface area contributed by atoms with Gasteiger partial charge in [-0.3, -0.25) is 4.79 Å². The number of carboxylic acids is 1. The molecule has 0 aliphatic heterocycles. The van der Waals surface area contributed by atoms with Crippen LogP contribution in [0.5, 0.6) is 0 Å². The van der Waals surface area contributed by atoms with Crippen LogP contribution >= 0.6 is 0 Å². The molecule has 4 heteroatoms. The van der Waals surface area contributed by atoms with Gasteiger partial charge in [0.05, 0.1) is 0 Å². The fourth-order valence-electron chi connectivity index (χ4n) is 4.02. The first kappa shape index (κ1) is 26.6. The monoisotopic (exact) mass is 418 g/mol. The summed E-state index contributed by atoms with van der Waals surface area (Å²) in [6, 6.07) is 1.88. The normalized spacial score (nSPS) is 11.1. The maximum absolute atomic E-state index is 10.4. The molecule has 0 fully saturated rings. The van der Waals surface area contributed by atoms with Crippen LogP contribution in [0.15, 0.2) is 18.5 Å². The van der Waals surface area contributed by atoms with Gasteiger partial charge in [0.1, 0.15) is 5.82 Å². The number of carbonyl (C=O) groups is 1. The molecule has 0 aromatic carbocycles. The number of rotatable bonds is 22. The molecule has 0 unspecified atom stereocenters. The molecule has 0 amide bonds. The highest BCUT2D eigenvalue weighted by Crippen LogP contribution is 2.15. The lowest BCUT2D eigenvalue weighted by atomic mass is 10.0. The highest BCUT2D eigenvalue weighted by atomic mass is 16.4. The predicted octanol–water partition coefficient (Wildman–Crippen LogP) is 7.91. The van der Waals surface area contributed by atoms with Crippen molar-refractivity contribution in [2.24, 2.45) is 0 Å².